The number of aromatic nitrogens is 1. The Morgan fingerprint density at radius 1 is 1.02 bits per heavy atom. The van der Waals surface area contributed by atoms with Gasteiger partial charge in [-0.05, 0) is 66.6 Å². The number of anilines is 2. The molecule has 6 rings (SSSR count). The molecule has 232 valence electrons. The number of hydrogen-bond acceptors (Lipinski definition) is 5. The fourth-order valence-corrected chi connectivity index (χ4v) is 6.02. The Kier molecular flexibility index (Phi) is 8.63. The number of nitrogens with one attached hydrogen (secondary N) is 2. The number of halogens is 3. The molecular weight excluding hydrogens is 600 g/mol. The molecule has 2 aliphatic rings. The van der Waals surface area contributed by atoms with Crippen LogP contribution in [0.2, 0.25) is 5.02 Å². The molecule has 1 unspecified atom stereocenters. The van der Waals surface area contributed by atoms with E-state index in [0.29, 0.717) is 37.1 Å². The van der Waals surface area contributed by atoms with Gasteiger partial charge in [-0.15, -0.1) is 0 Å². The molecule has 1 aromatic heterocycles. The van der Waals surface area contributed by atoms with E-state index in [-0.39, 0.29) is 28.2 Å². The van der Waals surface area contributed by atoms with Crippen LogP contribution in [0.3, 0.4) is 0 Å². The molecule has 3 aromatic carbocycles. The quantitative estimate of drug-likeness (QED) is 0.0864. The van der Waals surface area contributed by atoms with Crippen LogP contribution in [0.5, 0.6) is 5.75 Å². The second kappa shape index (κ2) is 12.8. The van der Waals surface area contributed by atoms with Crippen LogP contribution in [0.25, 0.3) is 22.3 Å². The van der Waals surface area contributed by atoms with Gasteiger partial charge in [-0.25, -0.2) is 8.78 Å². The maximum absolute atomic E-state index is 15.0. The lowest BCUT2D eigenvalue weighted by Gasteiger charge is -2.20. The second-order valence-electron chi connectivity index (χ2n) is 11.2. The summed E-state index contributed by atoms with van der Waals surface area (Å²) in [6.45, 7) is 0. The summed E-state index contributed by atoms with van der Waals surface area (Å²) in [7, 11) is 3.04. The van der Waals surface area contributed by atoms with Crippen molar-refractivity contribution in [2.24, 2.45) is 0 Å². The molecule has 45 heavy (non-hydrogen) atoms. The lowest BCUT2D eigenvalue weighted by atomic mass is 9.87. The standard InChI is InChI=1S/C35H32ClF2N3O4/c1-44-31-18-30(41(43)19-26(31)33-28(37)15-14-27(36)34(33)38)25-8-3-4-9-32(42)40-29-17-23(39-35(45-2)20-10-11-20)12-13-24(29)21-6-5-7-22(25)16-21/h5-7,12-19,25,39H,3-4,8-11H2,1-2H3,(H-,40,42,43)/p+1. The highest BCUT2D eigenvalue weighted by atomic mass is 35.5. The van der Waals surface area contributed by atoms with Crippen LogP contribution in [-0.2, 0) is 9.53 Å². The van der Waals surface area contributed by atoms with Crippen molar-refractivity contribution in [3.05, 3.63) is 106 Å². The molecule has 1 fully saturated rings. The van der Waals surface area contributed by atoms with Crippen molar-refractivity contribution >= 4 is 28.9 Å². The van der Waals surface area contributed by atoms with Gasteiger partial charge in [0, 0.05) is 22.4 Å². The molecule has 1 saturated carbocycles. The van der Waals surface area contributed by atoms with Crippen LogP contribution in [0.4, 0.5) is 20.2 Å². The summed E-state index contributed by atoms with van der Waals surface area (Å²) in [6, 6.07) is 17.5. The molecule has 0 saturated heterocycles. The Morgan fingerprint density at radius 2 is 1.84 bits per heavy atom. The van der Waals surface area contributed by atoms with E-state index in [9.17, 15) is 18.8 Å². The zero-order chi connectivity index (χ0) is 31.7. The van der Waals surface area contributed by atoms with E-state index in [1.807, 2.05) is 42.5 Å². The molecule has 4 aromatic rings. The molecule has 1 atom stereocenters. The number of carbonyl (C=O) groups is 1. The van der Waals surface area contributed by atoms with Gasteiger partial charge < -0.3 is 20.1 Å². The van der Waals surface area contributed by atoms with Gasteiger partial charge in [0.15, 0.2) is 11.7 Å². The Bertz CT molecular complexity index is 1820. The molecule has 1 amide bonds. The minimum atomic E-state index is -0.945. The minimum Gasteiger partial charge on any atom is -0.496 e. The zero-order valence-electron chi connectivity index (χ0n) is 24.9. The number of carbonyl (C=O) groups excluding carboxylic acids is 1. The van der Waals surface area contributed by atoms with Crippen molar-refractivity contribution in [1.82, 2.24) is 0 Å². The highest BCUT2D eigenvalue weighted by Crippen LogP contribution is 2.40. The highest BCUT2D eigenvalue weighted by Gasteiger charge is 2.31. The molecule has 7 nitrogen and oxygen atoms in total. The topological polar surface area (TPSA) is 83.7 Å². The number of methoxy groups -OCH3 is 2. The normalized spacial score (nSPS) is 16.1. The molecule has 0 radical (unpaired) electrons. The molecular formula is C35H33ClF2N3O4+. The molecule has 2 bridgehead atoms. The van der Waals surface area contributed by atoms with Gasteiger partial charge in [-0.3, -0.25) is 10.0 Å². The van der Waals surface area contributed by atoms with Crippen molar-refractivity contribution < 1.29 is 33.0 Å². The van der Waals surface area contributed by atoms with Crippen molar-refractivity contribution in [3.63, 3.8) is 0 Å². The van der Waals surface area contributed by atoms with Crippen molar-refractivity contribution in [1.29, 1.82) is 0 Å². The summed E-state index contributed by atoms with van der Waals surface area (Å²) >= 11 is 5.96. The maximum atomic E-state index is 15.0. The first-order valence-electron chi connectivity index (χ1n) is 14.8. The first-order chi connectivity index (χ1) is 21.8. The van der Waals surface area contributed by atoms with Gasteiger partial charge in [0.05, 0.1) is 48.0 Å². The third-order valence-electron chi connectivity index (χ3n) is 8.27. The number of ether oxygens (including phenoxy) is 2. The largest absolute Gasteiger partial charge is 0.496 e. The minimum absolute atomic E-state index is 0.0205. The number of benzene rings is 3. The van der Waals surface area contributed by atoms with Crippen molar-refractivity contribution in [2.75, 3.05) is 24.9 Å². The van der Waals surface area contributed by atoms with Crippen LogP contribution < -0.4 is 20.1 Å². The first-order valence-corrected chi connectivity index (χ1v) is 15.2. The average molecular weight is 633 g/mol. The third kappa shape index (κ3) is 6.31. The van der Waals surface area contributed by atoms with Gasteiger partial charge in [0.25, 0.3) is 0 Å². The molecule has 1 aliphatic carbocycles. The Morgan fingerprint density at radius 3 is 2.60 bits per heavy atom. The number of pyridine rings is 1. The van der Waals surface area contributed by atoms with Crippen LogP contribution in [0.15, 0.2) is 78.3 Å². The Hall–Kier alpha value is -4.63. The Balaban J connectivity index is 1.43. The lowest BCUT2D eigenvalue weighted by molar-refractivity contribution is -0.909. The van der Waals surface area contributed by atoms with Crippen molar-refractivity contribution in [2.45, 2.75) is 44.4 Å². The van der Waals surface area contributed by atoms with Gasteiger partial charge >= 0.3 is 0 Å². The van der Waals surface area contributed by atoms with Crippen LogP contribution in [-0.4, -0.2) is 25.3 Å². The van der Waals surface area contributed by atoms with Gasteiger partial charge in [0.1, 0.15) is 11.6 Å². The summed E-state index contributed by atoms with van der Waals surface area (Å²) in [5.74, 6) is -1.28. The van der Waals surface area contributed by atoms with E-state index in [0.717, 1.165) is 58.0 Å². The molecule has 10 heteroatoms. The van der Waals surface area contributed by atoms with E-state index in [1.54, 1.807) is 13.2 Å². The van der Waals surface area contributed by atoms with E-state index in [4.69, 9.17) is 21.1 Å². The summed E-state index contributed by atoms with van der Waals surface area (Å²) in [5, 5.41) is 17.4. The third-order valence-corrected chi connectivity index (χ3v) is 8.57. The second-order valence-corrected chi connectivity index (χ2v) is 11.6. The molecule has 2 heterocycles. The van der Waals surface area contributed by atoms with E-state index in [2.05, 4.69) is 10.6 Å². The molecule has 0 spiro atoms. The predicted molar refractivity (Wildman–Crippen MR) is 168 cm³/mol. The number of amides is 1. The Labute approximate surface area is 265 Å². The molecule has 3 N–H and O–H groups in total. The predicted octanol–water partition coefficient (Wildman–Crippen LogP) is 8.19. The monoisotopic (exact) mass is 632 g/mol. The summed E-state index contributed by atoms with van der Waals surface area (Å²) in [6.07, 6.45) is 5.47. The number of nitrogens with zero attached hydrogens (tertiary/aromatic N) is 1. The van der Waals surface area contributed by atoms with Crippen LogP contribution in [0, 0.1) is 11.6 Å². The maximum Gasteiger partial charge on any atom is 0.245 e. The summed E-state index contributed by atoms with van der Waals surface area (Å²) in [4.78, 5) is 13.0. The summed E-state index contributed by atoms with van der Waals surface area (Å²) in [5.41, 5.74) is 5.43. The van der Waals surface area contributed by atoms with E-state index >= 15 is 0 Å². The number of allylic oxidation sites excluding steroid dienone is 1. The number of hydrogen-bond donors (Lipinski definition) is 3. The van der Waals surface area contributed by atoms with Crippen LogP contribution >= 0.6 is 11.6 Å². The number of rotatable bonds is 6. The average Bonchev–Trinajstić information content (AvgIpc) is 3.88. The van der Waals surface area contributed by atoms with Gasteiger partial charge in [-0.2, -0.15) is 0 Å². The first kappa shape index (κ1) is 30.4. The summed E-state index contributed by atoms with van der Waals surface area (Å²) < 4.78 is 41.8. The van der Waals surface area contributed by atoms with Gasteiger partial charge in [-0.1, -0.05) is 48.4 Å². The van der Waals surface area contributed by atoms with E-state index in [1.165, 1.54) is 18.9 Å². The smallest absolute Gasteiger partial charge is 0.245 e. The van der Waals surface area contributed by atoms with Gasteiger partial charge in [0.2, 0.25) is 17.8 Å². The number of fused-ring (bicyclic) bond motifs is 4. The molecule has 1 aliphatic heterocycles. The fourth-order valence-electron chi connectivity index (χ4n) is 5.87. The SMILES string of the molecule is COC(Nc1ccc2c(c1)NC(=O)CCCCC(c1cc(OC)c(-c3c(F)ccc(Cl)c3F)c[n+]1O)c1cccc-2c1)=C1CC1. The highest BCUT2D eigenvalue weighted by molar-refractivity contribution is 6.31. The zero-order valence-corrected chi connectivity index (χ0v) is 25.7. The van der Waals surface area contributed by atoms with E-state index < -0.39 is 17.2 Å². The lowest BCUT2D eigenvalue weighted by Crippen LogP contribution is -2.37. The fraction of sp³-hybridized carbons (Fsp3) is 0.257. The van der Waals surface area contributed by atoms with Crippen LogP contribution in [0.1, 0.15) is 55.7 Å². The van der Waals surface area contributed by atoms with Crippen molar-refractivity contribution in [3.8, 4) is 28.0 Å².